The molecule has 0 saturated carbocycles. The van der Waals surface area contributed by atoms with Crippen LogP contribution in [0.25, 0.3) is 0 Å². The van der Waals surface area contributed by atoms with Gasteiger partial charge in [-0.05, 0) is 26.0 Å². The zero-order chi connectivity index (χ0) is 14.2. The third kappa shape index (κ3) is 1.89. The second-order valence-corrected chi connectivity index (χ2v) is 5.43. The maximum absolute atomic E-state index is 4.63. The number of aryl methyl sites for hydroxylation is 2. The van der Waals surface area contributed by atoms with Crippen molar-refractivity contribution in [2.45, 2.75) is 13.8 Å². The van der Waals surface area contributed by atoms with Gasteiger partial charge in [-0.2, -0.15) is 4.99 Å². The molecule has 1 heterocycles. The van der Waals surface area contributed by atoms with Gasteiger partial charge in [0.25, 0.3) is 0 Å². The van der Waals surface area contributed by atoms with Gasteiger partial charge in [0.1, 0.15) is 11.9 Å². The third-order valence-electron chi connectivity index (χ3n) is 3.94. The first-order chi connectivity index (χ1) is 9.63. The number of aliphatic imine (C=N–C) groups is 1. The van der Waals surface area contributed by atoms with E-state index in [0.29, 0.717) is 4.48 Å². The van der Waals surface area contributed by atoms with Crippen LogP contribution in [0.4, 0.5) is 5.69 Å². The Morgan fingerprint density at radius 1 is 0.850 bits per heavy atom. The van der Waals surface area contributed by atoms with Crippen LogP contribution >= 0.6 is 0 Å². The molecule has 0 radical (unpaired) electrons. The van der Waals surface area contributed by atoms with Crippen LogP contribution in [0.2, 0.25) is 0 Å². The Morgan fingerprint density at radius 2 is 1.50 bits per heavy atom. The smallest absolute Gasteiger partial charge is 0.217 e. The van der Waals surface area contributed by atoms with E-state index in [1.54, 1.807) is 0 Å². The molecule has 0 amide bonds. The van der Waals surface area contributed by atoms with E-state index in [9.17, 15) is 0 Å². The molecule has 2 aromatic carbocycles. The molecule has 0 saturated heterocycles. The number of amidine groups is 1. The van der Waals surface area contributed by atoms with Crippen LogP contribution in [-0.2, 0) is 0 Å². The van der Waals surface area contributed by atoms with Gasteiger partial charge in [0.2, 0.25) is 5.84 Å². The van der Waals surface area contributed by atoms with E-state index in [1.807, 2.05) is 12.3 Å². The Balaban J connectivity index is 2.17. The molecule has 20 heavy (non-hydrogen) atoms. The van der Waals surface area contributed by atoms with Gasteiger partial charge < -0.3 is 0 Å². The molecule has 0 bridgehead atoms. The van der Waals surface area contributed by atoms with Crippen molar-refractivity contribution < 1.29 is 0 Å². The largest absolute Gasteiger partial charge is 0.244 e. The molecular weight excluding hydrogens is 244 g/mol. The summed E-state index contributed by atoms with van der Waals surface area (Å²) in [5, 5.41) is 0. The third-order valence-corrected chi connectivity index (χ3v) is 3.94. The van der Waals surface area contributed by atoms with Crippen molar-refractivity contribution in [1.29, 1.82) is 0 Å². The van der Waals surface area contributed by atoms with Crippen molar-refractivity contribution in [2.24, 2.45) is 4.99 Å². The predicted molar refractivity (Wildman–Crippen MR) is 85.8 cm³/mol. The van der Waals surface area contributed by atoms with Gasteiger partial charge in [-0.3, -0.25) is 0 Å². The quantitative estimate of drug-likeness (QED) is 0.721. The molecular formula is C18H19N2+. The summed E-state index contributed by atoms with van der Waals surface area (Å²) >= 11 is 0. The van der Waals surface area contributed by atoms with Crippen molar-refractivity contribution in [3.63, 3.8) is 0 Å². The topological polar surface area (TPSA) is 12.4 Å². The molecule has 0 aromatic heterocycles. The van der Waals surface area contributed by atoms with E-state index >= 15 is 0 Å². The normalized spacial score (nSPS) is 21.1. The maximum Gasteiger partial charge on any atom is 0.244 e. The van der Waals surface area contributed by atoms with E-state index in [2.05, 4.69) is 74.6 Å². The average molecular weight is 263 g/mol. The fourth-order valence-corrected chi connectivity index (χ4v) is 3.08. The second kappa shape index (κ2) is 4.73. The van der Waals surface area contributed by atoms with Crippen LogP contribution in [0, 0.1) is 13.8 Å². The number of nitrogens with zero attached hydrogens (tertiary/aromatic N) is 2. The zero-order valence-corrected chi connectivity index (χ0v) is 12.2. The first-order valence-corrected chi connectivity index (χ1v) is 6.87. The highest BCUT2D eigenvalue weighted by molar-refractivity contribution is 6.09. The van der Waals surface area contributed by atoms with Gasteiger partial charge in [-0.15, -0.1) is 0 Å². The maximum atomic E-state index is 4.63. The molecule has 1 aliphatic rings. The van der Waals surface area contributed by atoms with Crippen molar-refractivity contribution >= 4 is 11.5 Å². The van der Waals surface area contributed by atoms with Gasteiger partial charge in [-0.25, -0.2) is 4.48 Å². The van der Waals surface area contributed by atoms with Crippen molar-refractivity contribution in [1.82, 2.24) is 4.48 Å². The van der Waals surface area contributed by atoms with Gasteiger partial charge in [0.15, 0.2) is 0 Å². The molecule has 0 N–H and O–H groups in total. The molecule has 100 valence electrons. The van der Waals surface area contributed by atoms with Crippen LogP contribution in [-0.4, -0.2) is 12.9 Å². The minimum atomic E-state index is 0.628. The molecule has 1 unspecified atom stereocenters. The van der Waals surface area contributed by atoms with Gasteiger partial charge in [0, 0.05) is 11.1 Å². The summed E-state index contributed by atoms with van der Waals surface area (Å²) in [6.07, 6.45) is 4.06. The summed E-state index contributed by atoms with van der Waals surface area (Å²) in [6.45, 7) is 4.33. The monoisotopic (exact) mass is 263 g/mol. The number of hydrogen-bond acceptors (Lipinski definition) is 1. The van der Waals surface area contributed by atoms with Gasteiger partial charge in [-0.1, -0.05) is 36.4 Å². The van der Waals surface area contributed by atoms with Crippen molar-refractivity contribution in [2.75, 3.05) is 7.05 Å². The van der Waals surface area contributed by atoms with Crippen LogP contribution in [0.15, 0.2) is 65.9 Å². The zero-order valence-electron chi connectivity index (χ0n) is 12.2. The lowest BCUT2D eigenvalue weighted by atomic mass is 10.0. The van der Waals surface area contributed by atoms with Gasteiger partial charge >= 0.3 is 0 Å². The molecule has 1 aliphatic heterocycles. The Morgan fingerprint density at radius 3 is 2.15 bits per heavy atom. The number of rotatable bonds is 2. The summed E-state index contributed by atoms with van der Waals surface area (Å²) < 4.78 is 0.628. The highest BCUT2D eigenvalue weighted by Gasteiger charge is 2.36. The van der Waals surface area contributed by atoms with E-state index < -0.39 is 0 Å². The molecule has 0 aliphatic carbocycles. The molecule has 1 atom stereocenters. The Labute approximate surface area is 120 Å². The summed E-state index contributed by atoms with van der Waals surface area (Å²) in [6, 6.07) is 16.8. The molecule has 2 nitrogen and oxygen atoms in total. The molecule has 2 heteroatoms. The molecule has 2 aromatic rings. The lowest BCUT2D eigenvalue weighted by Gasteiger charge is -2.30. The van der Waals surface area contributed by atoms with E-state index in [4.69, 9.17) is 0 Å². The van der Waals surface area contributed by atoms with Crippen molar-refractivity contribution in [3.05, 3.63) is 77.6 Å². The lowest BCUT2D eigenvalue weighted by molar-refractivity contribution is 0.658. The summed E-state index contributed by atoms with van der Waals surface area (Å²) in [7, 11) is 2.20. The van der Waals surface area contributed by atoms with E-state index in [0.717, 1.165) is 5.84 Å². The fraction of sp³-hybridized carbons (Fsp3) is 0.167. The molecule has 0 spiro atoms. The number of para-hydroxylation sites is 1. The number of benzene rings is 2. The first-order valence-electron chi connectivity index (χ1n) is 6.87. The van der Waals surface area contributed by atoms with Crippen LogP contribution in [0.1, 0.15) is 16.7 Å². The SMILES string of the molecule is Cc1cccc(C)c1[N+]1(C)C=CN=C1c1ccccc1. The summed E-state index contributed by atoms with van der Waals surface area (Å²) in [5.74, 6) is 1.07. The summed E-state index contributed by atoms with van der Waals surface area (Å²) in [4.78, 5) is 4.63. The van der Waals surface area contributed by atoms with Crippen LogP contribution in [0.3, 0.4) is 0 Å². The standard InChI is InChI=1S/C18H19N2/c1-14-8-7-9-15(2)17(14)20(3)13-12-19-18(20)16-10-5-4-6-11-16/h4-13H,1-3H3/q+1. The second-order valence-electron chi connectivity index (χ2n) is 5.43. The average Bonchev–Trinajstić information content (AvgIpc) is 2.82. The Bertz CT molecular complexity index is 678. The summed E-state index contributed by atoms with van der Waals surface area (Å²) in [5.41, 5.74) is 5.07. The van der Waals surface area contributed by atoms with Crippen molar-refractivity contribution in [3.8, 4) is 0 Å². The minimum absolute atomic E-state index is 0.628. The highest BCUT2D eigenvalue weighted by Crippen LogP contribution is 2.34. The Kier molecular flexibility index (Phi) is 3.03. The lowest BCUT2D eigenvalue weighted by Crippen LogP contribution is -2.45. The first kappa shape index (κ1) is 12.8. The molecule has 3 rings (SSSR count). The Hall–Kier alpha value is -2.19. The van der Waals surface area contributed by atoms with E-state index in [-0.39, 0.29) is 0 Å². The van der Waals surface area contributed by atoms with Crippen LogP contribution in [0.5, 0.6) is 0 Å². The van der Waals surface area contributed by atoms with E-state index in [1.165, 1.54) is 22.4 Å². The minimum Gasteiger partial charge on any atom is -0.217 e. The molecule has 0 fully saturated rings. The van der Waals surface area contributed by atoms with Crippen LogP contribution < -0.4 is 4.48 Å². The highest BCUT2D eigenvalue weighted by atomic mass is 15.4. The van der Waals surface area contributed by atoms with Gasteiger partial charge in [0.05, 0.1) is 18.8 Å². The fourth-order valence-electron chi connectivity index (χ4n) is 3.08. The number of hydrogen-bond donors (Lipinski definition) is 0. The number of quaternary nitrogens is 1. The predicted octanol–water partition coefficient (Wildman–Crippen LogP) is 4.17.